The first-order valence-electron chi connectivity index (χ1n) is 7.73. The van der Waals surface area contributed by atoms with Crippen molar-refractivity contribution < 1.29 is 4.52 Å². The van der Waals surface area contributed by atoms with E-state index in [4.69, 9.17) is 21.9 Å². The Bertz CT molecular complexity index is 1120. The average Bonchev–Trinajstić information content (AvgIpc) is 3.13. The smallest absolute Gasteiger partial charge is 0.326 e. The average molecular weight is 355 g/mol. The predicted molar refractivity (Wildman–Crippen MR) is 96.9 cm³/mol. The molecule has 0 radical (unpaired) electrons. The number of benzene rings is 2. The molecule has 2 aromatic heterocycles. The molecule has 25 heavy (non-hydrogen) atoms. The lowest BCUT2D eigenvalue weighted by Gasteiger charge is -2.11. The molecule has 6 nitrogen and oxygen atoms in total. The molecule has 0 fully saturated rings. The van der Waals surface area contributed by atoms with Crippen LogP contribution in [-0.4, -0.2) is 14.3 Å². The molecule has 0 aliphatic rings. The van der Waals surface area contributed by atoms with Crippen molar-refractivity contribution >= 4 is 22.5 Å². The maximum Gasteiger partial charge on any atom is 0.441 e. The van der Waals surface area contributed by atoms with Gasteiger partial charge in [0.1, 0.15) is 5.69 Å². The van der Waals surface area contributed by atoms with Crippen LogP contribution in [0.5, 0.6) is 0 Å². The number of hydrogen-bond donors (Lipinski definition) is 1. The fourth-order valence-corrected chi connectivity index (χ4v) is 3.27. The predicted octanol–water partition coefficient (Wildman–Crippen LogP) is 3.10. The van der Waals surface area contributed by atoms with Gasteiger partial charge in [0.15, 0.2) is 0 Å². The lowest BCUT2D eigenvalue weighted by molar-refractivity contribution is 0.380. The fourth-order valence-electron chi connectivity index (χ4n) is 2.94. The highest BCUT2D eigenvalue weighted by Crippen LogP contribution is 2.38. The largest absolute Gasteiger partial charge is 0.441 e. The fraction of sp³-hybridized carbons (Fsp3) is 0.111. The van der Waals surface area contributed by atoms with E-state index in [0.29, 0.717) is 23.1 Å². The number of rotatable bonds is 3. The van der Waals surface area contributed by atoms with Gasteiger partial charge in [0.2, 0.25) is 5.82 Å². The van der Waals surface area contributed by atoms with E-state index in [9.17, 15) is 4.79 Å². The first-order valence-corrected chi connectivity index (χ1v) is 8.11. The molecular formula is C18H15ClN4O2. The van der Waals surface area contributed by atoms with E-state index in [1.54, 1.807) is 7.05 Å². The maximum absolute atomic E-state index is 11.7. The molecule has 0 aliphatic carbocycles. The molecule has 0 saturated carbocycles. The van der Waals surface area contributed by atoms with Gasteiger partial charge in [-0.15, -0.1) is 0 Å². The molecule has 2 N–H and O–H groups in total. The van der Waals surface area contributed by atoms with Gasteiger partial charge in [-0.05, 0) is 23.8 Å². The number of fused-ring (bicyclic) bond motifs is 1. The van der Waals surface area contributed by atoms with Crippen LogP contribution < -0.4 is 11.5 Å². The van der Waals surface area contributed by atoms with E-state index < -0.39 is 5.76 Å². The SMILES string of the molecule is Cn1c(-c2c(Cl)c3ccccc3n2-c2ccc(CN)cc2)noc1=O. The number of aromatic nitrogens is 3. The molecule has 126 valence electrons. The molecule has 7 heteroatoms. The highest BCUT2D eigenvalue weighted by Gasteiger charge is 2.23. The van der Waals surface area contributed by atoms with Crippen molar-refractivity contribution in [3.8, 4) is 17.2 Å². The summed E-state index contributed by atoms with van der Waals surface area (Å²) in [5.74, 6) is -0.171. The molecular weight excluding hydrogens is 340 g/mol. The summed E-state index contributed by atoms with van der Waals surface area (Å²) in [6, 6.07) is 15.6. The van der Waals surface area contributed by atoms with E-state index in [1.807, 2.05) is 53.1 Å². The Balaban J connectivity index is 2.09. The number of hydrogen-bond acceptors (Lipinski definition) is 4. The van der Waals surface area contributed by atoms with Crippen LogP contribution in [0.25, 0.3) is 28.1 Å². The zero-order chi connectivity index (χ0) is 17.6. The van der Waals surface area contributed by atoms with Crippen molar-refractivity contribution in [2.24, 2.45) is 12.8 Å². The van der Waals surface area contributed by atoms with Crippen molar-refractivity contribution in [3.05, 3.63) is 69.7 Å². The van der Waals surface area contributed by atoms with Crippen LogP contribution >= 0.6 is 11.6 Å². The van der Waals surface area contributed by atoms with Gasteiger partial charge in [-0.1, -0.05) is 47.1 Å². The van der Waals surface area contributed by atoms with Gasteiger partial charge in [-0.25, -0.2) is 4.79 Å². The normalized spacial score (nSPS) is 11.3. The van der Waals surface area contributed by atoms with Gasteiger partial charge >= 0.3 is 5.76 Å². The van der Waals surface area contributed by atoms with E-state index in [-0.39, 0.29) is 0 Å². The van der Waals surface area contributed by atoms with Crippen LogP contribution in [0.2, 0.25) is 5.02 Å². The second-order valence-corrected chi connectivity index (χ2v) is 6.09. The standard InChI is InChI=1S/C18H15ClN4O2/c1-22-17(21-25-18(22)24)16-15(19)13-4-2-3-5-14(13)23(16)12-8-6-11(10-20)7-9-12/h2-9H,10,20H2,1H3. The minimum absolute atomic E-state index is 0.370. The first-order chi connectivity index (χ1) is 12.1. The van der Waals surface area contributed by atoms with Crippen LogP contribution in [0.15, 0.2) is 57.8 Å². The molecule has 0 saturated heterocycles. The van der Waals surface area contributed by atoms with Gasteiger partial charge in [0.25, 0.3) is 0 Å². The zero-order valence-corrected chi connectivity index (χ0v) is 14.2. The third-order valence-corrected chi connectivity index (χ3v) is 4.64. The quantitative estimate of drug-likeness (QED) is 0.613. The number of nitrogens with two attached hydrogens (primary N) is 1. The van der Waals surface area contributed by atoms with Gasteiger partial charge in [0, 0.05) is 24.7 Å². The summed E-state index contributed by atoms with van der Waals surface area (Å²) in [6.07, 6.45) is 0. The van der Waals surface area contributed by atoms with Crippen LogP contribution in [0.1, 0.15) is 5.56 Å². The summed E-state index contributed by atoms with van der Waals surface area (Å²) in [5, 5.41) is 5.30. The lowest BCUT2D eigenvalue weighted by Crippen LogP contribution is -2.11. The minimum Gasteiger partial charge on any atom is -0.326 e. The van der Waals surface area contributed by atoms with Crippen LogP contribution in [-0.2, 0) is 13.6 Å². The summed E-state index contributed by atoms with van der Waals surface area (Å²) in [4.78, 5) is 11.7. The second kappa shape index (κ2) is 5.91. The van der Waals surface area contributed by atoms with Crippen molar-refractivity contribution in [2.75, 3.05) is 0 Å². The van der Waals surface area contributed by atoms with Crippen molar-refractivity contribution in [2.45, 2.75) is 6.54 Å². The molecule has 0 amide bonds. The first kappa shape index (κ1) is 15.7. The van der Waals surface area contributed by atoms with E-state index in [1.165, 1.54) is 4.57 Å². The Morgan fingerprint density at radius 2 is 1.88 bits per heavy atom. The summed E-state index contributed by atoms with van der Waals surface area (Å²) >= 11 is 6.65. The molecule has 0 spiro atoms. The number of nitrogens with zero attached hydrogens (tertiary/aromatic N) is 3. The molecule has 0 unspecified atom stereocenters. The second-order valence-electron chi connectivity index (χ2n) is 5.72. The molecule has 0 atom stereocenters. The Kier molecular flexibility index (Phi) is 3.71. The Labute approximate surface area is 148 Å². The number of halogens is 1. The Morgan fingerprint density at radius 1 is 1.16 bits per heavy atom. The van der Waals surface area contributed by atoms with E-state index in [2.05, 4.69) is 5.16 Å². The molecule has 4 aromatic rings. The summed E-state index contributed by atoms with van der Waals surface area (Å²) in [5.41, 5.74) is 9.14. The third kappa shape index (κ3) is 2.38. The molecule has 0 bridgehead atoms. The van der Waals surface area contributed by atoms with Crippen molar-refractivity contribution in [1.29, 1.82) is 0 Å². The molecule has 2 aromatic carbocycles. The minimum atomic E-state index is -0.540. The number of para-hydroxylation sites is 1. The highest BCUT2D eigenvalue weighted by molar-refractivity contribution is 6.38. The third-order valence-electron chi connectivity index (χ3n) is 4.26. The highest BCUT2D eigenvalue weighted by atomic mass is 35.5. The van der Waals surface area contributed by atoms with Gasteiger partial charge in [-0.3, -0.25) is 9.09 Å². The maximum atomic E-state index is 11.7. The van der Waals surface area contributed by atoms with Gasteiger partial charge in [0.05, 0.1) is 10.5 Å². The summed E-state index contributed by atoms with van der Waals surface area (Å²) < 4.78 is 8.10. The lowest BCUT2D eigenvalue weighted by atomic mass is 10.2. The van der Waals surface area contributed by atoms with Crippen LogP contribution in [0.3, 0.4) is 0 Å². The summed E-state index contributed by atoms with van der Waals surface area (Å²) in [6.45, 7) is 0.470. The van der Waals surface area contributed by atoms with Gasteiger partial charge in [-0.2, -0.15) is 0 Å². The molecule has 0 aliphatic heterocycles. The van der Waals surface area contributed by atoms with Crippen LogP contribution in [0, 0.1) is 0 Å². The van der Waals surface area contributed by atoms with E-state index >= 15 is 0 Å². The zero-order valence-electron chi connectivity index (χ0n) is 13.4. The van der Waals surface area contributed by atoms with Crippen molar-refractivity contribution in [1.82, 2.24) is 14.3 Å². The van der Waals surface area contributed by atoms with Crippen molar-refractivity contribution in [3.63, 3.8) is 0 Å². The summed E-state index contributed by atoms with van der Waals surface area (Å²) in [7, 11) is 1.60. The topological polar surface area (TPSA) is 79.0 Å². The van der Waals surface area contributed by atoms with Crippen LogP contribution in [0.4, 0.5) is 0 Å². The Hall–Kier alpha value is -2.83. The van der Waals surface area contributed by atoms with Gasteiger partial charge < -0.3 is 10.3 Å². The Morgan fingerprint density at radius 3 is 2.52 bits per heavy atom. The molecule has 4 rings (SSSR count). The molecule has 2 heterocycles. The van der Waals surface area contributed by atoms with E-state index in [0.717, 1.165) is 22.2 Å². The monoisotopic (exact) mass is 354 g/mol.